The molecule has 1 aromatic rings. The lowest BCUT2D eigenvalue weighted by atomic mass is 9.98. The molecule has 0 aromatic heterocycles. The maximum atomic E-state index is 12.3. The van der Waals surface area contributed by atoms with Crippen LogP contribution in [0.5, 0.6) is 0 Å². The predicted octanol–water partition coefficient (Wildman–Crippen LogP) is 1.89. The molecule has 1 rings (SSSR count). The first-order valence-corrected chi connectivity index (χ1v) is 9.08. The number of benzene rings is 1. The van der Waals surface area contributed by atoms with Crippen molar-refractivity contribution in [1.29, 1.82) is 0 Å². The number of primary sulfonamides is 1. The van der Waals surface area contributed by atoms with Crippen LogP contribution in [0.4, 0.5) is 0 Å². The summed E-state index contributed by atoms with van der Waals surface area (Å²) in [6, 6.07) is 2.83. The minimum absolute atomic E-state index is 0.0172. The lowest BCUT2D eigenvalue weighted by Crippen LogP contribution is -2.22. The number of sulfonamides is 1. The van der Waals surface area contributed by atoms with Crippen molar-refractivity contribution in [1.82, 2.24) is 5.32 Å². The molecule has 0 atom stereocenters. The summed E-state index contributed by atoms with van der Waals surface area (Å²) in [5, 5.41) is 7.97. The Hall–Kier alpha value is -1.44. The number of rotatable bonds is 7. The number of hydrogen-bond donors (Lipinski definition) is 2. The van der Waals surface area contributed by atoms with E-state index in [2.05, 4.69) is 5.32 Å². The average molecular weight is 361 g/mol. The zero-order chi connectivity index (χ0) is 17.8. The maximum Gasteiger partial charge on any atom is 0.239 e. The van der Waals surface area contributed by atoms with Crippen LogP contribution < -0.4 is 10.5 Å². The second-order valence-electron chi connectivity index (χ2n) is 5.64. The molecular weight excluding hydrogens is 340 g/mol. The third-order valence-corrected chi connectivity index (χ3v) is 4.65. The Morgan fingerprint density at radius 1 is 1.26 bits per heavy atom. The number of halogens is 1. The van der Waals surface area contributed by atoms with Crippen LogP contribution in [-0.2, 0) is 21.2 Å². The van der Waals surface area contributed by atoms with E-state index >= 15 is 0 Å². The Morgan fingerprint density at radius 2 is 1.87 bits per heavy atom. The molecule has 0 radical (unpaired) electrons. The molecule has 0 aliphatic heterocycles. The van der Waals surface area contributed by atoms with Gasteiger partial charge in [-0.1, -0.05) is 25.4 Å². The van der Waals surface area contributed by atoms with Gasteiger partial charge in [-0.05, 0) is 30.0 Å². The van der Waals surface area contributed by atoms with Crippen molar-refractivity contribution < 1.29 is 18.0 Å². The third-order valence-electron chi connectivity index (χ3n) is 3.26. The molecule has 0 heterocycles. The zero-order valence-corrected chi connectivity index (χ0v) is 14.9. The Balaban J connectivity index is 3.37. The van der Waals surface area contributed by atoms with Crippen molar-refractivity contribution in [2.24, 2.45) is 11.1 Å². The highest BCUT2D eigenvalue weighted by Crippen LogP contribution is 2.30. The minimum Gasteiger partial charge on any atom is -0.359 e. The molecule has 1 aromatic carbocycles. The van der Waals surface area contributed by atoms with E-state index in [0.29, 0.717) is 12.0 Å². The van der Waals surface area contributed by atoms with Crippen LogP contribution in [0.1, 0.15) is 42.6 Å². The van der Waals surface area contributed by atoms with Gasteiger partial charge in [0.15, 0.2) is 5.78 Å². The van der Waals surface area contributed by atoms with Gasteiger partial charge >= 0.3 is 0 Å². The van der Waals surface area contributed by atoms with Crippen LogP contribution in [0, 0.1) is 5.92 Å². The molecule has 0 saturated carbocycles. The van der Waals surface area contributed by atoms with E-state index in [1.54, 1.807) is 0 Å². The lowest BCUT2D eigenvalue weighted by molar-refractivity contribution is -0.120. The number of nitrogens with one attached hydrogen (secondary N) is 1. The van der Waals surface area contributed by atoms with Crippen LogP contribution >= 0.6 is 11.6 Å². The van der Waals surface area contributed by atoms with E-state index in [9.17, 15) is 18.0 Å². The molecule has 6 nitrogen and oxygen atoms in total. The fourth-order valence-corrected chi connectivity index (χ4v) is 3.55. The van der Waals surface area contributed by atoms with Crippen molar-refractivity contribution in [3.8, 4) is 0 Å². The first-order valence-electron chi connectivity index (χ1n) is 7.15. The summed E-state index contributed by atoms with van der Waals surface area (Å²) in [6.07, 6.45) is 0.244. The summed E-state index contributed by atoms with van der Waals surface area (Å²) in [6.45, 7) is 3.81. The van der Waals surface area contributed by atoms with Crippen LogP contribution in [0.3, 0.4) is 0 Å². The molecular formula is C15H21ClN2O4S. The van der Waals surface area contributed by atoms with E-state index in [-0.39, 0.29) is 40.1 Å². The summed E-state index contributed by atoms with van der Waals surface area (Å²) >= 11 is 6.11. The Morgan fingerprint density at radius 3 is 2.35 bits per heavy atom. The number of amides is 1. The molecule has 23 heavy (non-hydrogen) atoms. The lowest BCUT2D eigenvalue weighted by Gasteiger charge is -2.15. The number of hydrogen-bond acceptors (Lipinski definition) is 4. The topological polar surface area (TPSA) is 106 Å². The quantitative estimate of drug-likeness (QED) is 0.724. The number of carbonyl (C=O) groups excluding carboxylic acids is 2. The van der Waals surface area contributed by atoms with Crippen molar-refractivity contribution in [2.45, 2.75) is 38.0 Å². The van der Waals surface area contributed by atoms with Gasteiger partial charge in [0.05, 0.1) is 4.90 Å². The summed E-state index contributed by atoms with van der Waals surface area (Å²) < 4.78 is 24.0. The molecule has 0 aliphatic carbocycles. The molecule has 0 spiro atoms. The first-order chi connectivity index (χ1) is 10.6. The molecule has 0 unspecified atom stereocenters. The average Bonchev–Trinajstić information content (AvgIpc) is 2.44. The van der Waals surface area contributed by atoms with Gasteiger partial charge in [0.25, 0.3) is 0 Å². The number of carbonyl (C=O) groups is 2. The van der Waals surface area contributed by atoms with E-state index in [0.717, 1.165) is 0 Å². The first kappa shape index (κ1) is 19.6. The van der Waals surface area contributed by atoms with Crippen LogP contribution in [-0.4, -0.2) is 27.2 Å². The molecule has 0 aliphatic rings. The van der Waals surface area contributed by atoms with Crippen molar-refractivity contribution in [3.05, 3.63) is 28.3 Å². The minimum atomic E-state index is -4.13. The Bertz CT molecular complexity index is 714. The van der Waals surface area contributed by atoms with Crippen LogP contribution in [0.15, 0.2) is 17.0 Å². The van der Waals surface area contributed by atoms with Crippen LogP contribution in [0.2, 0.25) is 5.02 Å². The van der Waals surface area contributed by atoms with Gasteiger partial charge in [-0.2, -0.15) is 0 Å². The SMILES string of the molecule is CNC(=O)CCC(=O)c1ccc(Cl)c(CC(C)C)c1S(N)(=O)=O. The fraction of sp³-hybridized carbons (Fsp3) is 0.467. The van der Waals surface area contributed by atoms with Gasteiger partial charge in [0.1, 0.15) is 0 Å². The highest BCUT2D eigenvalue weighted by atomic mass is 35.5. The van der Waals surface area contributed by atoms with Gasteiger partial charge in [-0.3, -0.25) is 9.59 Å². The Kier molecular flexibility index (Phi) is 6.73. The molecule has 0 saturated heterocycles. The second-order valence-corrected chi connectivity index (χ2v) is 7.55. The van der Waals surface area contributed by atoms with Gasteiger partial charge in [0.2, 0.25) is 15.9 Å². The summed E-state index contributed by atoms with van der Waals surface area (Å²) in [5.74, 6) is -0.629. The molecule has 1 amide bonds. The van der Waals surface area contributed by atoms with Crippen LogP contribution in [0.25, 0.3) is 0 Å². The fourth-order valence-electron chi connectivity index (χ4n) is 2.23. The highest BCUT2D eigenvalue weighted by molar-refractivity contribution is 7.89. The molecule has 0 bridgehead atoms. The second kappa shape index (κ2) is 7.90. The van der Waals surface area contributed by atoms with Gasteiger partial charge in [-0.15, -0.1) is 0 Å². The standard InChI is InChI=1S/C15H21ClN2O4S/c1-9(2)8-11-12(16)5-4-10(15(11)23(17,21)22)13(19)6-7-14(20)18-3/h4-5,9H,6-8H2,1-3H3,(H,18,20)(H2,17,21,22). The summed E-state index contributed by atoms with van der Waals surface area (Å²) in [4.78, 5) is 23.4. The smallest absolute Gasteiger partial charge is 0.239 e. The van der Waals surface area contributed by atoms with E-state index in [1.807, 2.05) is 13.8 Å². The van der Waals surface area contributed by atoms with E-state index in [4.69, 9.17) is 16.7 Å². The summed E-state index contributed by atoms with van der Waals surface area (Å²) in [5.41, 5.74) is 0.325. The molecule has 3 N–H and O–H groups in total. The van der Waals surface area contributed by atoms with Gasteiger partial charge in [0, 0.05) is 30.5 Å². The Labute approximate surface area is 141 Å². The molecule has 8 heteroatoms. The number of nitrogens with two attached hydrogens (primary N) is 1. The zero-order valence-electron chi connectivity index (χ0n) is 13.3. The maximum absolute atomic E-state index is 12.3. The van der Waals surface area contributed by atoms with Crippen molar-refractivity contribution in [3.63, 3.8) is 0 Å². The van der Waals surface area contributed by atoms with Gasteiger partial charge in [-0.25, -0.2) is 13.6 Å². The molecule has 128 valence electrons. The summed E-state index contributed by atoms with van der Waals surface area (Å²) in [7, 11) is -2.66. The number of Topliss-reactive ketones (excluding diaryl/α,β-unsaturated/α-hetero) is 1. The number of ketones is 1. The monoisotopic (exact) mass is 360 g/mol. The third kappa shape index (κ3) is 5.30. The molecule has 0 fully saturated rings. The predicted molar refractivity (Wildman–Crippen MR) is 89.0 cm³/mol. The van der Waals surface area contributed by atoms with Gasteiger partial charge < -0.3 is 5.32 Å². The van der Waals surface area contributed by atoms with Crippen molar-refractivity contribution >= 4 is 33.3 Å². The van der Waals surface area contributed by atoms with E-state index < -0.39 is 15.8 Å². The van der Waals surface area contributed by atoms with Crippen molar-refractivity contribution in [2.75, 3.05) is 7.05 Å². The highest BCUT2D eigenvalue weighted by Gasteiger charge is 2.25. The van der Waals surface area contributed by atoms with E-state index in [1.165, 1.54) is 19.2 Å². The normalized spacial score (nSPS) is 11.6. The largest absolute Gasteiger partial charge is 0.359 e.